The van der Waals surface area contributed by atoms with Crippen LogP contribution < -0.4 is 20.9 Å². The Labute approximate surface area is 207 Å². The minimum Gasteiger partial charge on any atom is -0.370 e. The Morgan fingerprint density at radius 3 is 2.25 bits per heavy atom. The minimum atomic E-state index is -4.61. The highest BCUT2D eigenvalue weighted by molar-refractivity contribution is 6.04. The van der Waals surface area contributed by atoms with Gasteiger partial charge in [0.25, 0.3) is 5.91 Å². The highest BCUT2D eigenvalue weighted by Crippen LogP contribution is 2.35. The number of aryl methyl sites for hydroxylation is 1. The Bertz CT molecular complexity index is 1240. The number of nitrogens with one attached hydrogen (secondary N) is 3. The molecule has 0 aromatic heterocycles. The van der Waals surface area contributed by atoms with Crippen LogP contribution in [0, 0.1) is 6.92 Å². The topological polar surface area (TPSA) is 73.5 Å². The predicted molar refractivity (Wildman–Crippen MR) is 134 cm³/mol. The van der Waals surface area contributed by atoms with Crippen molar-refractivity contribution in [2.24, 2.45) is 0 Å². The molecule has 188 valence electrons. The van der Waals surface area contributed by atoms with Gasteiger partial charge < -0.3 is 20.9 Å². The van der Waals surface area contributed by atoms with Gasteiger partial charge in [0.15, 0.2) is 0 Å². The number of para-hydroxylation sites is 1. The molecule has 3 N–H and O–H groups in total. The van der Waals surface area contributed by atoms with Gasteiger partial charge in [-0.25, -0.2) is 4.79 Å². The van der Waals surface area contributed by atoms with Crippen molar-refractivity contribution in [2.45, 2.75) is 32.5 Å². The van der Waals surface area contributed by atoms with Crippen LogP contribution in [0.1, 0.15) is 39.9 Å². The van der Waals surface area contributed by atoms with Crippen molar-refractivity contribution in [1.29, 1.82) is 0 Å². The predicted octanol–water partition coefficient (Wildman–Crippen LogP) is 6.19. The van der Waals surface area contributed by atoms with E-state index in [1.807, 2.05) is 31.2 Å². The van der Waals surface area contributed by atoms with Crippen LogP contribution in [0.5, 0.6) is 0 Å². The SMILES string of the molecule is Cc1ccc(CNC(=O)c2ccc(N3CCCC3)c(NC(=O)Nc3ccccc3C(F)(F)F)c2)cc1. The molecule has 1 saturated heterocycles. The lowest BCUT2D eigenvalue weighted by molar-refractivity contribution is -0.136. The summed E-state index contributed by atoms with van der Waals surface area (Å²) in [6.07, 6.45) is -2.63. The van der Waals surface area contributed by atoms with Crippen LogP contribution >= 0.6 is 0 Å². The van der Waals surface area contributed by atoms with E-state index in [2.05, 4.69) is 20.9 Å². The average molecular weight is 497 g/mol. The minimum absolute atomic E-state index is 0.325. The summed E-state index contributed by atoms with van der Waals surface area (Å²) in [5.74, 6) is -0.325. The van der Waals surface area contributed by atoms with Crippen LogP contribution in [0.25, 0.3) is 0 Å². The fourth-order valence-electron chi connectivity index (χ4n) is 4.12. The number of nitrogens with zero attached hydrogens (tertiary/aromatic N) is 1. The summed E-state index contributed by atoms with van der Waals surface area (Å²) >= 11 is 0. The molecule has 1 fully saturated rings. The fourth-order valence-corrected chi connectivity index (χ4v) is 4.12. The number of benzene rings is 3. The number of hydrogen-bond donors (Lipinski definition) is 3. The molecule has 0 unspecified atom stereocenters. The van der Waals surface area contributed by atoms with E-state index in [4.69, 9.17) is 0 Å². The zero-order valence-electron chi connectivity index (χ0n) is 19.8. The van der Waals surface area contributed by atoms with Crippen LogP contribution in [-0.4, -0.2) is 25.0 Å². The zero-order chi connectivity index (χ0) is 25.7. The Balaban J connectivity index is 1.53. The molecule has 0 bridgehead atoms. The molecule has 0 atom stereocenters. The maximum absolute atomic E-state index is 13.3. The molecule has 0 saturated carbocycles. The number of carbonyl (C=O) groups excluding carboxylic acids is 2. The lowest BCUT2D eigenvalue weighted by Crippen LogP contribution is -2.26. The van der Waals surface area contributed by atoms with Crippen molar-refractivity contribution < 1.29 is 22.8 Å². The van der Waals surface area contributed by atoms with Crippen LogP contribution in [0.4, 0.5) is 35.0 Å². The lowest BCUT2D eigenvalue weighted by Gasteiger charge is -2.23. The van der Waals surface area contributed by atoms with Gasteiger partial charge in [0.05, 0.1) is 22.6 Å². The van der Waals surface area contributed by atoms with Gasteiger partial charge in [-0.15, -0.1) is 0 Å². The first-order valence-corrected chi connectivity index (χ1v) is 11.7. The maximum Gasteiger partial charge on any atom is 0.418 e. The van der Waals surface area contributed by atoms with Gasteiger partial charge in [0.1, 0.15) is 0 Å². The quantitative estimate of drug-likeness (QED) is 0.381. The van der Waals surface area contributed by atoms with E-state index in [0.717, 1.165) is 43.1 Å². The van der Waals surface area contributed by atoms with Crippen LogP contribution in [-0.2, 0) is 12.7 Å². The molecule has 9 heteroatoms. The van der Waals surface area contributed by atoms with E-state index in [1.165, 1.54) is 18.2 Å². The van der Waals surface area contributed by atoms with Crippen molar-refractivity contribution in [1.82, 2.24) is 5.32 Å². The van der Waals surface area contributed by atoms with E-state index in [9.17, 15) is 22.8 Å². The third kappa shape index (κ3) is 6.16. The summed E-state index contributed by atoms with van der Waals surface area (Å²) in [7, 11) is 0. The highest BCUT2D eigenvalue weighted by Gasteiger charge is 2.33. The maximum atomic E-state index is 13.3. The van der Waals surface area contributed by atoms with Crippen molar-refractivity contribution in [3.05, 3.63) is 89.0 Å². The fraction of sp³-hybridized carbons (Fsp3) is 0.259. The molecule has 3 aromatic rings. The van der Waals surface area contributed by atoms with E-state index in [-0.39, 0.29) is 11.6 Å². The summed E-state index contributed by atoms with van der Waals surface area (Å²) in [4.78, 5) is 27.6. The van der Waals surface area contributed by atoms with Crippen molar-refractivity contribution in [3.8, 4) is 0 Å². The lowest BCUT2D eigenvalue weighted by atomic mass is 10.1. The first-order valence-electron chi connectivity index (χ1n) is 11.7. The smallest absolute Gasteiger partial charge is 0.370 e. The summed E-state index contributed by atoms with van der Waals surface area (Å²) in [5, 5.41) is 7.81. The van der Waals surface area contributed by atoms with Gasteiger partial charge in [0, 0.05) is 25.2 Å². The molecule has 1 heterocycles. The van der Waals surface area contributed by atoms with Crippen LogP contribution in [0.2, 0.25) is 0 Å². The van der Waals surface area contributed by atoms with Gasteiger partial charge >= 0.3 is 12.2 Å². The largest absolute Gasteiger partial charge is 0.418 e. The Kier molecular flexibility index (Phi) is 7.47. The number of rotatable bonds is 6. The first kappa shape index (κ1) is 25.1. The van der Waals surface area contributed by atoms with Gasteiger partial charge in [-0.3, -0.25) is 4.79 Å². The summed E-state index contributed by atoms with van der Waals surface area (Å²) in [5.41, 5.74) is 2.17. The molecule has 0 aliphatic carbocycles. The van der Waals surface area contributed by atoms with Crippen molar-refractivity contribution >= 4 is 29.0 Å². The van der Waals surface area contributed by atoms with Gasteiger partial charge in [-0.2, -0.15) is 13.2 Å². The normalized spacial score (nSPS) is 13.4. The van der Waals surface area contributed by atoms with Gasteiger partial charge in [0.2, 0.25) is 0 Å². The monoisotopic (exact) mass is 496 g/mol. The van der Waals surface area contributed by atoms with Crippen molar-refractivity contribution in [2.75, 3.05) is 28.6 Å². The second-order valence-electron chi connectivity index (χ2n) is 8.72. The van der Waals surface area contributed by atoms with Crippen LogP contribution in [0.3, 0.4) is 0 Å². The average Bonchev–Trinajstić information content (AvgIpc) is 3.38. The highest BCUT2D eigenvalue weighted by atomic mass is 19.4. The Morgan fingerprint density at radius 2 is 1.56 bits per heavy atom. The van der Waals surface area contributed by atoms with Crippen molar-refractivity contribution in [3.63, 3.8) is 0 Å². The molecule has 1 aliphatic heterocycles. The number of halogens is 3. The molecule has 6 nitrogen and oxygen atoms in total. The third-order valence-corrected chi connectivity index (χ3v) is 6.01. The Hall–Kier alpha value is -4.01. The molecule has 4 rings (SSSR count). The molecule has 1 aliphatic rings. The summed E-state index contributed by atoms with van der Waals surface area (Å²) in [6, 6.07) is 16.7. The van der Waals surface area contributed by atoms with Gasteiger partial charge in [-0.05, 0) is 55.7 Å². The van der Waals surface area contributed by atoms with E-state index in [0.29, 0.717) is 23.5 Å². The molecular weight excluding hydrogens is 469 g/mol. The molecule has 3 amide bonds. The molecule has 0 radical (unpaired) electrons. The van der Waals surface area contributed by atoms with Crippen LogP contribution in [0.15, 0.2) is 66.7 Å². The van der Waals surface area contributed by atoms with E-state index < -0.39 is 17.8 Å². The number of urea groups is 1. The summed E-state index contributed by atoms with van der Waals surface area (Å²) in [6.45, 7) is 3.89. The molecule has 36 heavy (non-hydrogen) atoms. The second-order valence-corrected chi connectivity index (χ2v) is 8.72. The summed E-state index contributed by atoms with van der Waals surface area (Å²) < 4.78 is 40.0. The number of hydrogen-bond acceptors (Lipinski definition) is 3. The molecule has 0 spiro atoms. The molecule has 3 aromatic carbocycles. The number of amides is 3. The number of alkyl halides is 3. The van der Waals surface area contributed by atoms with E-state index in [1.54, 1.807) is 18.2 Å². The number of carbonyl (C=O) groups is 2. The standard InChI is InChI=1S/C27H27F3N4O2/c1-18-8-10-19(11-9-18)17-31-25(35)20-12-13-24(34-14-4-5-15-34)23(16-20)33-26(36)32-22-7-3-2-6-21(22)27(28,29)30/h2-3,6-13,16H,4-5,14-15,17H2,1H3,(H,31,35)(H2,32,33,36). The van der Waals surface area contributed by atoms with E-state index >= 15 is 0 Å². The second kappa shape index (κ2) is 10.7. The zero-order valence-corrected chi connectivity index (χ0v) is 19.8. The van der Waals surface area contributed by atoms with Gasteiger partial charge in [-0.1, -0.05) is 42.0 Å². The third-order valence-electron chi connectivity index (χ3n) is 6.01. The first-order chi connectivity index (χ1) is 17.2. The Morgan fingerprint density at radius 1 is 0.889 bits per heavy atom. The number of anilines is 3. The molecular formula is C27H27F3N4O2.